The van der Waals surface area contributed by atoms with Crippen LogP contribution < -0.4 is 15.5 Å². The summed E-state index contributed by atoms with van der Waals surface area (Å²) in [4.78, 5) is 60.3. The van der Waals surface area contributed by atoms with Crippen molar-refractivity contribution in [2.45, 2.75) is 166 Å². The van der Waals surface area contributed by atoms with Gasteiger partial charge in [0.15, 0.2) is 6.23 Å². The van der Waals surface area contributed by atoms with E-state index in [2.05, 4.69) is 50.2 Å². The van der Waals surface area contributed by atoms with E-state index < -0.39 is 36.2 Å². The molecule has 11 rings (SSSR count). The third kappa shape index (κ3) is 13.0. The molecule has 8 aliphatic heterocycles. The minimum Gasteiger partial charge on any atom is -0.377 e. The number of aromatic nitrogens is 2. The number of ether oxygens (including phenoxy) is 1. The maximum Gasteiger partial charge on any atom is 0.276 e. The number of hydrogen-bond donors (Lipinski definition) is 3. The Morgan fingerprint density at radius 3 is 2.33 bits per heavy atom. The summed E-state index contributed by atoms with van der Waals surface area (Å²) in [6.45, 7) is 15.1. The van der Waals surface area contributed by atoms with Crippen molar-refractivity contribution in [3.63, 3.8) is 0 Å². The summed E-state index contributed by atoms with van der Waals surface area (Å²) in [7, 11) is 1.97. The number of carbonyl (C=O) groups excluding carboxylic acids is 3. The SMILES string of the molecule is CC(C)N1CCC(C2=Cc3c4ncnc3N(CC(O)N(C)CCCCN3CCC(CC3)C(F)(F)c3cccc(c3)[C@@H](C)N4)C2OCCCCCCCN2CCC(c3cc4c(cc3F)C(=O)N(C3CCC(=O)NC3=O)C4)CC2)CC1. The molecule has 2 aromatic carbocycles. The molecule has 3 amide bonds. The van der Waals surface area contributed by atoms with E-state index in [1.807, 2.05) is 31.0 Å². The number of likely N-dealkylation sites (tertiary alicyclic amines) is 2. The van der Waals surface area contributed by atoms with Gasteiger partial charge in [-0.2, -0.15) is 0 Å². The summed E-state index contributed by atoms with van der Waals surface area (Å²) >= 11 is 0. The summed E-state index contributed by atoms with van der Waals surface area (Å²) in [5.74, 6) is -3.59. The highest BCUT2D eigenvalue weighted by atomic mass is 19.3. The number of fused-ring (bicyclic) bond motifs is 10. The van der Waals surface area contributed by atoms with Gasteiger partial charge < -0.3 is 39.7 Å². The van der Waals surface area contributed by atoms with Gasteiger partial charge in [0.25, 0.3) is 11.8 Å². The van der Waals surface area contributed by atoms with Crippen LogP contribution in [0, 0.1) is 17.7 Å². The van der Waals surface area contributed by atoms with E-state index in [9.17, 15) is 19.5 Å². The summed E-state index contributed by atoms with van der Waals surface area (Å²) in [5, 5.41) is 18.0. The molecule has 430 valence electrons. The second kappa shape index (κ2) is 25.4. The molecule has 3 aromatic rings. The number of unbranched alkanes of at least 4 members (excludes halogenated alkanes) is 4. The number of amides is 3. The normalized spacial score (nSPS) is 27.2. The molecule has 0 spiro atoms. The Labute approximate surface area is 465 Å². The quantitative estimate of drug-likeness (QED) is 0.111. The molecule has 8 bridgehead atoms. The van der Waals surface area contributed by atoms with E-state index in [-0.39, 0.29) is 67.0 Å². The molecule has 9 heterocycles. The van der Waals surface area contributed by atoms with Gasteiger partial charge in [0.05, 0.1) is 12.1 Å². The molecule has 3 unspecified atom stereocenters. The highest BCUT2D eigenvalue weighted by Gasteiger charge is 2.44. The summed E-state index contributed by atoms with van der Waals surface area (Å²) < 4.78 is 55.3. The number of anilines is 2. The van der Waals surface area contributed by atoms with Gasteiger partial charge in [-0.25, -0.2) is 23.1 Å². The van der Waals surface area contributed by atoms with Gasteiger partial charge in [-0.1, -0.05) is 43.5 Å². The third-order valence-electron chi connectivity index (χ3n) is 18.6. The van der Waals surface area contributed by atoms with E-state index in [1.165, 1.54) is 11.0 Å². The highest BCUT2D eigenvalue weighted by molar-refractivity contribution is 6.05. The molecule has 79 heavy (non-hydrogen) atoms. The van der Waals surface area contributed by atoms with Crippen LogP contribution in [0.3, 0.4) is 0 Å². The lowest BCUT2D eigenvalue weighted by Crippen LogP contribution is -2.52. The van der Waals surface area contributed by atoms with Crippen LogP contribution in [0.2, 0.25) is 0 Å². The maximum atomic E-state index is 16.3. The Hall–Kier alpha value is -4.98. The van der Waals surface area contributed by atoms with Crippen LogP contribution >= 0.6 is 0 Å². The van der Waals surface area contributed by atoms with Crippen molar-refractivity contribution < 1.29 is 37.4 Å². The van der Waals surface area contributed by atoms with Crippen LogP contribution in [0.5, 0.6) is 0 Å². The summed E-state index contributed by atoms with van der Waals surface area (Å²) in [5.41, 5.74) is 4.51. The van der Waals surface area contributed by atoms with Gasteiger partial charge in [-0.3, -0.25) is 24.6 Å². The largest absolute Gasteiger partial charge is 0.377 e. The van der Waals surface area contributed by atoms with E-state index in [0.29, 0.717) is 67.9 Å². The molecule has 0 saturated carbocycles. The van der Waals surface area contributed by atoms with Crippen LogP contribution in [0.4, 0.5) is 24.8 Å². The summed E-state index contributed by atoms with van der Waals surface area (Å²) in [6, 6.07) is 9.49. The molecular formula is C61H85F3N10O5. The van der Waals surface area contributed by atoms with Crippen molar-refractivity contribution in [2.24, 2.45) is 11.8 Å². The van der Waals surface area contributed by atoms with Crippen LogP contribution in [0.15, 0.2) is 48.3 Å². The first-order valence-electron chi connectivity index (χ1n) is 29.9. The smallest absolute Gasteiger partial charge is 0.276 e. The number of nitrogens with zero attached hydrogens (tertiary/aromatic N) is 8. The van der Waals surface area contributed by atoms with Gasteiger partial charge in [0.1, 0.15) is 36.1 Å². The van der Waals surface area contributed by atoms with Crippen molar-refractivity contribution in [2.75, 3.05) is 89.3 Å². The molecule has 4 atom stereocenters. The predicted octanol–water partition coefficient (Wildman–Crippen LogP) is 8.89. The Bertz CT molecular complexity index is 2650. The number of aliphatic hydroxyl groups excluding tert-OH is 1. The number of nitrogens with one attached hydrogen (secondary N) is 2. The molecule has 15 nitrogen and oxygen atoms in total. The average molecular weight is 1100 g/mol. The van der Waals surface area contributed by atoms with Gasteiger partial charge in [-0.15, -0.1) is 0 Å². The van der Waals surface area contributed by atoms with Crippen LogP contribution in [0.25, 0.3) is 6.08 Å². The Balaban J connectivity index is 0.776. The zero-order valence-corrected chi connectivity index (χ0v) is 47.1. The van der Waals surface area contributed by atoms with Crippen molar-refractivity contribution in [1.82, 2.24) is 39.8 Å². The van der Waals surface area contributed by atoms with E-state index in [0.717, 1.165) is 132 Å². The number of aliphatic hydroxyl groups is 1. The number of imide groups is 1. The number of benzene rings is 2. The highest BCUT2D eigenvalue weighted by Crippen LogP contribution is 2.45. The molecule has 3 N–H and O–H groups in total. The van der Waals surface area contributed by atoms with Gasteiger partial charge >= 0.3 is 0 Å². The molecule has 1 aromatic heterocycles. The summed E-state index contributed by atoms with van der Waals surface area (Å²) in [6.07, 6.45) is 14.4. The second-order valence-corrected chi connectivity index (χ2v) is 24.1. The van der Waals surface area contributed by atoms with Gasteiger partial charge in [0, 0.05) is 55.2 Å². The Morgan fingerprint density at radius 2 is 1.57 bits per heavy atom. The molecule has 4 fully saturated rings. The lowest BCUT2D eigenvalue weighted by Gasteiger charge is -2.44. The Kier molecular flexibility index (Phi) is 18.4. The number of rotatable bonds is 13. The zero-order chi connectivity index (χ0) is 55.4. The minimum atomic E-state index is -2.94. The lowest BCUT2D eigenvalue weighted by molar-refractivity contribution is -0.136. The van der Waals surface area contributed by atoms with Gasteiger partial charge in [0.2, 0.25) is 11.8 Å². The first kappa shape index (κ1) is 57.3. The number of hydrogen-bond acceptors (Lipinski definition) is 13. The molecule has 4 saturated heterocycles. The van der Waals surface area contributed by atoms with Crippen molar-refractivity contribution in [1.29, 1.82) is 0 Å². The second-order valence-electron chi connectivity index (χ2n) is 24.1. The number of halogens is 3. The van der Waals surface area contributed by atoms with Crippen LogP contribution in [-0.2, 0) is 26.8 Å². The van der Waals surface area contributed by atoms with Crippen molar-refractivity contribution in [3.05, 3.63) is 87.5 Å². The number of likely N-dealkylation sites (N-methyl/N-ethyl adjacent to an activating group) is 1. The van der Waals surface area contributed by atoms with E-state index in [1.54, 1.807) is 24.5 Å². The monoisotopic (exact) mass is 1090 g/mol. The average Bonchev–Trinajstić information content (AvgIpc) is 4.00. The Morgan fingerprint density at radius 1 is 0.835 bits per heavy atom. The first-order valence-corrected chi connectivity index (χ1v) is 29.9. The fourth-order valence-corrected chi connectivity index (χ4v) is 13.6. The third-order valence-corrected chi connectivity index (χ3v) is 18.6. The lowest BCUT2D eigenvalue weighted by atomic mass is 9.84. The zero-order valence-electron chi connectivity index (χ0n) is 47.1. The fraction of sp³-hybridized carbons (Fsp3) is 0.656. The standard InChI is InChI=1S/C61H85F3N10O5/c1-40(2)72-30-19-43(20-31-72)50-35-51-56-65-39-66-57(51)74(38-55(76)69(4)23-9-10-25-71-28-21-46(22-29-71)61(63,64)47-14-12-13-44(33-47)41(3)67-56)60(50)79-32-11-7-5-6-8-24-70-26-17-42(18-27-70)48-34-45-37-73(59(78)49(45)36-52(48)62)53-15-16-54(75)68-58(53)77/h12-14,33-36,39-43,46,53,55,60,76H,5-11,15-32,37-38H2,1-4H3,(H,65,66,67)(H,68,75,77)/t41-,53?,55?,60?/m1/s1. The van der Waals surface area contributed by atoms with Gasteiger partial charge in [-0.05, 0) is 203 Å². The van der Waals surface area contributed by atoms with E-state index in [4.69, 9.17) is 14.7 Å². The molecular weight excluding hydrogens is 1010 g/mol. The maximum absolute atomic E-state index is 16.3. The number of carbonyl (C=O) groups is 3. The molecule has 0 radical (unpaired) electrons. The topological polar surface area (TPSA) is 150 Å². The van der Waals surface area contributed by atoms with Crippen molar-refractivity contribution in [3.8, 4) is 0 Å². The first-order chi connectivity index (χ1) is 38.1. The van der Waals surface area contributed by atoms with Crippen LogP contribution in [-0.4, -0.2) is 161 Å². The fourth-order valence-electron chi connectivity index (χ4n) is 13.6. The molecule has 8 aliphatic rings. The predicted molar refractivity (Wildman–Crippen MR) is 300 cm³/mol. The molecule has 0 aliphatic carbocycles. The van der Waals surface area contributed by atoms with Crippen LogP contribution in [0.1, 0.15) is 167 Å². The number of piperidine rings is 4. The number of alkyl halides is 2. The van der Waals surface area contributed by atoms with Crippen molar-refractivity contribution >= 4 is 35.4 Å². The minimum absolute atomic E-state index is 0.0576. The van der Waals surface area contributed by atoms with E-state index >= 15 is 13.2 Å². The molecule has 18 heteroatoms.